The normalized spacial score (nSPS) is 21.8. The van der Waals surface area contributed by atoms with Gasteiger partial charge in [-0.2, -0.15) is 10.3 Å². The molecule has 1 aromatic carbocycles. The smallest absolute Gasteiger partial charge is 0.286 e. The molecule has 3 aromatic rings. The van der Waals surface area contributed by atoms with E-state index in [4.69, 9.17) is 5.26 Å². The molecule has 1 saturated carbocycles. The Morgan fingerprint density at radius 2 is 2.03 bits per heavy atom. The maximum atomic E-state index is 12.3. The monoisotopic (exact) mass is 397 g/mol. The van der Waals surface area contributed by atoms with Crippen LogP contribution in [-0.4, -0.2) is 27.1 Å². The summed E-state index contributed by atoms with van der Waals surface area (Å²) in [5.74, 6) is 0.201. The molecule has 2 atom stereocenters. The SMILES string of the molecule is N#Cc1cnc2ccc(/C=C3/SC(NC4CC4c4ccccc4)=NC3=O)nc2c1. The Bertz CT molecular complexity index is 1230. The molecule has 0 spiro atoms. The maximum Gasteiger partial charge on any atom is 0.286 e. The number of rotatable bonds is 3. The fourth-order valence-electron chi connectivity index (χ4n) is 3.35. The molecule has 3 heterocycles. The van der Waals surface area contributed by atoms with Crippen LogP contribution >= 0.6 is 11.8 Å². The fourth-order valence-corrected chi connectivity index (χ4v) is 4.21. The molecule has 1 fully saturated rings. The van der Waals surface area contributed by atoms with Crippen LogP contribution < -0.4 is 5.32 Å². The van der Waals surface area contributed by atoms with Gasteiger partial charge in [0, 0.05) is 18.2 Å². The minimum absolute atomic E-state index is 0.264. The Kier molecular flexibility index (Phi) is 4.34. The van der Waals surface area contributed by atoms with Gasteiger partial charge >= 0.3 is 0 Å². The lowest BCUT2D eigenvalue weighted by Crippen LogP contribution is -2.22. The quantitative estimate of drug-likeness (QED) is 0.679. The van der Waals surface area contributed by atoms with Crippen LogP contribution in [0.25, 0.3) is 17.1 Å². The summed E-state index contributed by atoms with van der Waals surface area (Å²) in [6.45, 7) is 0. The summed E-state index contributed by atoms with van der Waals surface area (Å²) < 4.78 is 0. The Morgan fingerprint density at radius 1 is 1.17 bits per heavy atom. The molecule has 0 radical (unpaired) electrons. The minimum atomic E-state index is -0.264. The highest BCUT2D eigenvalue weighted by Gasteiger charge is 2.40. The number of fused-ring (bicyclic) bond motifs is 1. The van der Waals surface area contributed by atoms with E-state index in [9.17, 15) is 4.79 Å². The second kappa shape index (κ2) is 7.15. The van der Waals surface area contributed by atoms with Crippen LogP contribution in [-0.2, 0) is 4.79 Å². The van der Waals surface area contributed by atoms with Gasteiger partial charge in [0.1, 0.15) is 6.07 Å². The van der Waals surface area contributed by atoms with Crippen molar-refractivity contribution in [3.8, 4) is 6.07 Å². The Balaban J connectivity index is 1.30. The van der Waals surface area contributed by atoms with Crippen molar-refractivity contribution in [3.05, 3.63) is 76.5 Å². The maximum absolute atomic E-state index is 12.3. The molecule has 1 N–H and O–H groups in total. The van der Waals surface area contributed by atoms with Crippen molar-refractivity contribution < 1.29 is 4.79 Å². The number of carbonyl (C=O) groups excluding carboxylic acids is 1. The first-order valence-corrected chi connectivity index (χ1v) is 10.0. The third-order valence-corrected chi connectivity index (χ3v) is 5.83. The van der Waals surface area contributed by atoms with Crippen molar-refractivity contribution in [2.45, 2.75) is 18.4 Å². The number of carbonyl (C=O) groups is 1. The molecule has 140 valence electrons. The van der Waals surface area contributed by atoms with Crippen LogP contribution in [0.2, 0.25) is 0 Å². The number of aliphatic imine (C=N–C) groups is 1. The number of amidine groups is 1. The lowest BCUT2D eigenvalue weighted by molar-refractivity contribution is -0.113. The summed E-state index contributed by atoms with van der Waals surface area (Å²) in [6, 6.07) is 18.1. The number of pyridine rings is 2. The first kappa shape index (κ1) is 17.6. The van der Waals surface area contributed by atoms with E-state index < -0.39 is 0 Å². The van der Waals surface area contributed by atoms with E-state index in [-0.39, 0.29) is 5.91 Å². The van der Waals surface area contributed by atoms with E-state index in [1.54, 1.807) is 18.2 Å². The van der Waals surface area contributed by atoms with Gasteiger partial charge in [0.05, 0.1) is 27.2 Å². The summed E-state index contributed by atoms with van der Waals surface area (Å²) in [7, 11) is 0. The largest absolute Gasteiger partial charge is 0.361 e. The van der Waals surface area contributed by atoms with E-state index in [1.807, 2.05) is 24.3 Å². The molecule has 1 amide bonds. The van der Waals surface area contributed by atoms with E-state index >= 15 is 0 Å². The molecule has 5 rings (SSSR count). The van der Waals surface area contributed by atoms with Crippen molar-refractivity contribution in [2.24, 2.45) is 4.99 Å². The minimum Gasteiger partial charge on any atom is -0.361 e. The van der Waals surface area contributed by atoms with Gasteiger partial charge in [0.2, 0.25) is 0 Å². The van der Waals surface area contributed by atoms with Gasteiger partial charge in [0.15, 0.2) is 5.17 Å². The zero-order valence-electron chi connectivity index (χ0n) is 15.2. The number of hydrogen-bond donors (Lipinski definition) is 1. The number of benzene rings is 1. The molecule has 29 heavy (non-hydrogen) atoms. The Hall–Kier alpha value is -3.50. The molecule has 7 heteroatoms. The highest BCUT2D eigenvalue weighted by atomic mass is 32.2. The van der Waals surface area contributed by atoms with Crippen molar-refractivity contribution in [2.75, 3.05) is 0 Å². The average molecular weight is 397 g/mol. The molecule has 2 aliphatic rings. The van der Waals surface area contributed by atoms with Gasteiger partial charge in [-0.1, -0.05) is 30.3 Å². The fraction of sp³-hybridized carbons (Fsp3) is 0.136. The Morgan fingerprint density at radius 3 is 2.86 bits per heavy atom. The molecule has 2 unspecified atom stereocenters. The lowest BCUT2D eigenvalue weighted by Gasteiger charge is -2.04. The molecule has 2 aromatic heterocycles. The van der Waals surface area contributed by atoms with Gasteiger partial charge in [-0.15, -0.1) is 0 Å². The first-order valence-electron chi connectivity index (χ1n) is 9.20. The summed E-state index contributed by atoms with van der Waals surface area (Å²) in [5.41, 5.74) is 3.72. The number of nitrogens with one attached hydrogen (secondary N) is 1. The first-order chi connectivity index (χ1) is 14.2. The summed E-state index contributed by atoms with van der Waals surface area (Å²) in [5, 5.41) is 13.0. The van der Waals surface area contributed by atoms with E-state index in [1.165, 1.54) is 23.5 Å². The van der Waals surface area contributed by atoms with Gasteiger partial charge in [-0.25, -0.2) is 4.98 Å². The van der Waals surface area contributed by atoms with Crippen LogP contribution in [0.1, 0.15) is 29.2 Å². The summed E-state index contributed by atoms with van der Waals surface area (Å²) in [6.07, 6.45) is 4.29. The van der Waals surface area contributed by atoms with Crippen molar-refractivity contribution in [1.29, 1.82) is 5.26 Å². The lowest BCUT2D eigenvalue weighted by atomic mass is 10.1. The van der Waals surface area contributed by atoms with Gasteiger partial charge < -0.3 is 5.32 Å². The van der Waals surface area contributed by atoms with Crippen LogP contribution in [0.15, 0.2) is 64.6 Å². The van der Waals surface area contributed by atoms with E-state index in [2.05, 4.69) is 38.5 Å². The van der Waals surface area contributed by atoms with Crippen LogP contribution in [0.4, 0.5) is 0 Å². The zero-order chi connectivity index (χ0) is 19.8. The Labute approximate surface area is 171 Å². The molecular weight excluding hydrogens is 382 g/mol. The average Bonchev–Trinajstić information content (AvgIpc) is 3.43. The zero-order valence-corrected chi connectivity index (χ0v) is 16.1. The number of aromatic nitrogens is 2. The highest BCUT2D eigenvalue weighted by Crippen LogP contribution is 2.41. The second-order valence-corrected chi connectivity index (χ2v) is 7.98. The number of hydrogen-bond acceptors (Lipinski definition) is 6. The molecular formula is C22H15N5OS. The van der Waals surface area contributed by atoms with Crippen molar-refractivity contribution in [1.82, 2.24) is 15.3 Å². The number of nitriles is 1. The number of thioether (sulfide) groups is 1. The molecule has 1 aliphatic carbocycles. The van der Waals surface area contributed by atoms with Crippen LogP contribution in [0, 0.1) is 11.3 Å². The summed E-state index contributed by atoms with van der Waals surface area (Å²) >= 11 is 1.33. The van der Waals surface area contributed by atoms with E-state index in [0.29, 0.717) is 44.3 Å². The predicted molar refractivity (Wildman–Crippen MR) is 113 cm³/mol. The molecule has 0 saturated heterocycles. The third-order valence-electron chi connectivity index (χ3n) is 4.91. The molecule has 0 bridgehead atoms. The number of amides is 1. The predicted octanol–water partition coefficient (Wildman–Crippen LogP) is 3.62. The molecule has 6 nitrogen and oxygen atoms in total. The topological polar surface area (TPSA) is 91.0 Å². The standard InChI is InChI=1S/C22H15N5OS/c23-11-13-8-19-17(24-12-13)7-6-15(25-19)9-20-21(28)27-22(29-20)26-18-10-16(18)14-4-2-1-3-5-14/h1-9,12,16,18H,10H2,(H,26,27,28)/b20-9+. The van der Waals surface area contributed by atoms with Gasteiger partial charge in [0.25, 0.3) is 5.91 Å². The van der Waals surface area contributed by atoms with Crippen molar-refractivity contribution in [3.63, 3.8) is 0 Å². The molecule has 1 aliphatic heterocycles. The van der Waals surface area contributed by atoms with Crippen molar-refractivity contribution >= 4 is 39.9 Å². The van der Waals surface area contributed by atoms with Crippen LogP contribution in [0.5, 0.6) is 0 Å². The van der Waals surface area contributed by atoms with E-state index in [0.717, 1.165) is 6.42 Å². The highest BCUT2D eigenvalue weighted by molar-refractivity contribution is 8.18. The third kappa shape index (κ3) is 3.62. The van der Waals surface area contributed by atoms with Gasteiger partial charge in [-0.3, -0.25) is 9.78 Å². The second-order valence-electron chi connectivity index (χ2n) is 6.95. The van der Waals surface area contributed by atoms with Gasteiger partial charge in [-0.05, 0) is 48.0 Å². The number of nitrogens with zero attached hydrogens (tertiary/aromatic N) is 4. The van der Waals surface area contributed by atoms with Crippen LogP contribution in [0.3, 0.4) is 0 Å². The summed E-state index contributed by atoms with van der Waals surface area (Å²) in [4.78, 5) is 25.7.